The average molecular weight is 1210 g/mol. The minimum atomic E-state index is 0.0578. The van der Waals surface area contributed by atoms with Crippen LogP contribution < -0.4 is 4.90 Å². The summed E-state index contributed by atoms with van der Waals surface area (Å²) in [6.45, 7) is 23.3. The van der Waals surface area contributed by atoms with Crippen molar-refractivity contribution in [3.8, 4) is 320 Å². The fourth-order valence-corrected chi connectivity index (χ4v) is 8.73. The number of rotatable bonds is 1. The third-order valence-electron chi connectivity index (χ3n) is 12.9. The van der Waals surface area contributed by atoms with Crippen LogP contribution in [0.25, 0.3) is 0 Å². The lowest BCUT2D eigenvalue weighted by molar-refractivity contribution is 0.279. The van der Waals surface area contributed by atoms with Gasteiger partial charge in [-0.05, 0) is 207 Å². The Morgan fingerprint density at radius 1 is 0.389 bits per heavy atom. The summed E-state index contributed by atoms with van der Waals surface area (Å²) in [7, 11) is 0. The summed E-state index contributed by atoms with van der Waals surface area (Å²) < 4.78 is 0. The minimum absolute atomic E-state index is 0.0578. The van der Waals surface area contributed by atoms with E-state index in [9.17, 15) is 0 Å². The molecule has 0 saturated heterocycles. The molecule has 6 rings (SSSR count). The molecule has 0 bridgehead atoms. The predicted octanol–water partition coefficient (Wildman–Crippen LogP) is 12.4. The Morgan fingerprint density at radius 2 is 0.737 bits per heavy atom. The van der Waals surface area contributed by atoms with Gasteiger partial charge in [-0.15, -0.1) is 24.2 Å². The van der Waals surface area contributed by atoms with E-state index in [0.29, 0.717) is 16.7 Å². The smallest absolute Gasteiger partial charge is 0.0532 e. The average Bonchev–Trinajstić information content (AvgIpc) is 1.69. The van der Waals surface area contributed by atoms with Crippen LogP contribution >= 0.6 is 0 Å². The first-order valence-corrected chi connectivity index (χ1v) is 30.4. The Morgan fingerprint density at radius 3 is 1.09 bits per heavy atom. The van der Waals surface area contributed by atoms with Gasteiger partial charge in [0.1, 0.15) is 0 Å². The molecule has 2 unspecified atom stereocenters. The normalized spacial score (nSPS) is 13.3. The first-order valence-electron chi connectivity index (χ1n) is 30.4. The zero-order chi connectivity index (χ0) is 68.6. The molecule has 3 aliphatic carbocycles. The van der Waals surface area contributed by atoms with E-state index in [1.807, 2.05) is 0 Å². The zero-order valence-electron chi connectivity index (χ0n) is 55.7. The van der Waals surface area contributed by atoms with Gasteiger partial charge in [0, 0.05) is 226 Å². The predicted molar refractivity (Wildman–Crippen MR) is 393 cm³/mol. The van der Waals surface area contributed by atoms with Crippen molar-refractivity contribution >= 4 is 5.69 Å². The van der Waals surface area contributed by atoms with Crippen LogP contribution in [-0.2, 0) is 6.54 Å². The van der Waals surface area contributed by atoms with Gasteiger partial charge in [0.2, 0.25) is 0 Å². The maximum absolute atomic E-state index is 4.94. The number of anilines is 1. The summed E-state index contributed by atoms with van der Waals surface area (Å²) in [5.74, 6) is 140. The largest absolute Gasteiger partial charge is 0.361 e. The first-order chi connectivity index (χ1) is 46.2. The van der Waals surface area contributed by atoms with Crippen LogP contribution in [0, 0.1) is 355 Å². The van der Waals surface area contributed by atoms with Crippen molar-refractivity contribution in [3.63, 3.8) is 0 Å². The second-order valence-corrected chi connectivity index (χ2v) is 23.2. The first kappa shape index (κ1) is 75.6. The van der Waals surface area contributed by atoms with Crippen molar-refractivity contribution in [1.29, 1.82) is 0 Å². The highest BCUT2D eigenvalue weighted by Gasteiger charge is 2.49. The third-order valence-corrected chi connectivity index (χ3v) is 12.9. The number of benzene rings is 2. The van der Waals surface area contributed by atoms with E-state index in [0.717, 1.165) is 54.7 Å². The van der Waals surface area contributed by atoms with E-state index in [1.165, 1.54) is 56.2 Å². The molecule has 1 heteroatoms. The highest BCUT2D eigenvalue weighted by Crippen LogP contribution is 2.56. The van der Waals surface area contributed by atoms with Crippen LogP contribution in [0.4, 0.5) is 5.69 Å². The molecule has 1 heterocycles. The fourth-order valence-electron chi connectivity index (χ4n) is 8.73. The molecule has 0 radical (unpaired) electrons. The molecule has 4 aliphatic rings. The van der Waals surface area contributed by atoms with Gasteiger partial charge in [-0.25, -0.2) is 0 Å². The van der Waals surface area contributed by atoms with Crippen molar-refractivity contribution in [3.05, 3.63) is 65.2 Å². The number of terminal acetylenes is 1. The van der Waals surface area contributed by atoms with E-state index in [-0.39, 0.29) is 5.54 Å². The molecule has 446 valence electrons. The van der Waals surface area contributed by atoms with Gasteiger partial charge >= 0.3 is 0 Å². The van der Waals surface area contributed by atoms with Gasteiger partial charge in [-0.3, -0.25) is 0 Å². The fraction of sp³-hybridized carbons (Fsp3) is 0.298. The Hall–Kier alpha value is -13.6. The molecule has 1 nitrogen and oxygen atoms in total. The molecule has 95 heavy (non-hydrogen) atoms. The lowest BCUT2D eigenvalue weighted by atomic mass is 9.77. The summed E-state index contributed by atoms with van der Waals surface area (Å²) in [5.41, 5.74) is 5.72. The Kier molecular flexibility index (Phi) is 37.7. The molecule has 1 saturated carbocycles. The minimum Gasteiger partial charge on any atom is -0.361 e. The molecule has 0 spiro atoms. The van der Waals surface area contributed by atoms with Crippen molar-refractivity contribution < 1.29 is 0 Å². The standard InChI is InChI=1S/C49H4.C19H19N.C14H22.C12H20/c1-3-5-7-9-11-13-15-17-19-21-23-25-27-29-31-33-35-37-39-41-43-45-47-49-48-46-44-42-40-38-36-34-32-30-28-26-24-22-20-18-16-14-12-10-8-6-4-2;1-19(2,3)20-14-17-10-5-4-8-15(17)12-13-16-9-6-7-11-18(16)20;1-14(2,3)10-13-11-8-6-4-5-7-9-12(11)13;1-12(2,3)11-9-7-5-4-6-8-10-11/h1H,2H3;4-11H,14H2,1-3H3;11-13H,6-10H2,1-3H3;11H,4-7,9H2,1-3H3/t;;11-,12+,13?;. The van der Waals surface area contributed by atoms with Crippen LogP contribution in [0.1, 0.15) is 150 Å². The SMILES string of the molecule is C#CC#CC#CC#CC#CC#CC#CC#CC#CC#CC#CC#CC#CC#CC#CC#CC#CC#CC#CC#CC#CC#CC#CC#CC.CC(C)(C)C1C#CCCCCC1.CC(C)(C)CC1[C@H]2CCC#CCC[C@@H]12.CC(C)(C)N1Cc2ccccc2C#Cc2ccccc21. The van der Waals surface area contributed by atoms with Gasteiger partial charge < -0.3 is 4.90 Å². The zero-order valence-corrected chi connectivity index (χ0v) is 55.7. The number of hydrogen-bond donors (Lipinski definition) is 0. The Labute approximate surface area is 572 Å². The van der Waals surface area contributed by atoms with Crippen LogP contribution in [0.3, 0.4) is 0 Å². The number of nitrogens with zero attached hydrogens (tertiary/aromatic N) is 1. The van der Waals surface area contributed by atoms with Gasteiger partial charge in [0.25, 0.3) is 0 Å². The molecule has 1 fully saturated rings. The second-order valence-electron chi connectivity index (χ2n) is 23.2. The van der Waals surface area contributed by atoms with Gasteiger partial charge in [-0.2, -0.15) is 0 Å². The van der Waals surface area contributed by atoms with Crippen molar-refractivity contribution in [2.24, 2.45) is 34.5 Å². The summed E-state index contributed by atoms with van der Waals surface area (Å²) >= 11 is 0. The number of para-hydroxylation sites is 1. The lowest BCUT2D eigenvalue weighted by Crippen LogP contribution is -2.41. The molecular weight excluding hydrogens is 1140 g/mol. The third kappa shape index (κ3) is 38.4. The van der Waals surface area contributed by atoms with Crippen LogP contribution in [-0.4, -0.2) is 5.54 Å². The van der Waals surface area contributed by atoms with Crippen LogP contribution in [0.2, 0.25) is 0 Å². The summed E-state index contributed by atoms with van der Waals surface area (Å²) in [4.78, 5) is 2.44. The Balaban J connectivity index is 0.000000404. The van der Waals surface area contributed by atoms with E-state index in [1.54, 1.807) is 6.92 Å². The molecule has 2 aromatic rings. The maximum atomic E-state index is 4.94. The molecule has 2 aromatic carbocycles. The molecular formula is C94H65N. The maximum Gasteiger partial charge on any atom is 0.0532 e. The summed E-state index contributed by atoms with van der Waals surface area (Å²) in [6.07, 6.45) is 17.9. The van der Waals surface area contributed by atoms with E-state index >= 15 is 0 Å². The molecule has 0 amide bonds. The van der Waals surface area contributed by atoms with E-state index in [2.05, 4.69) is 430 Å². The number of fused-ring (bicyclic) bond motifs is 3. The molecule has 1 aliphatic heterocycles. The Bertz CT molecular complexity index is 5020. The van der Waals surface area contributed by atoms with E-state index in [4.69, 9.17) is 6.42 Å². The summed E-state index contributed by atoms with van der Waals surface area (Å²) in [5, 5.41) is 0. The van der Waals surface area contributed by atoms with E-state index < -0.39 is 0 Å². The number of hydrogen-bond acceptors (Lipinski definition) is 1. The van der Waals surface area contributed by atoms with Crippen molar-refractivity contribution in [1.82, 2.24) is 0 Å². The van der Waals surface area contributed by atoms with Crippen LogP contribution in [0.15, 0.2) is 48.5 Å². The molecule has 0 N–H and O–H groups in total. The molecule has 4 atom stereocenters. The topological polar surface area (TPSA) is 3.24 Å². The highest BCUT2D eigenvalue weighted by atomic mass is 15.2. The van der Waals surface area contributed by atoms with Gasteiger partial charge in [0.05, 0.1) is 5.69 Å². The summed E-state index contributed by atoms with van der Waals surface area (Å²) in [6, 6.07) is 16.9. The monoisotopic (exact) mass is 1210 g/mol. The quantitative estimate of drug-likeness (QED) is 0.257. The van der Waals surface area contributed by atoms with Crippen LogP contribution in [0.5, 0.6) is 0 Å². The van der Waals surface area contributed by atoms with Crippen molar-refractivity contribution in [2.45, 2.75) is 146 Å². The van der Waals surface area contributed by atoms with Crippen molar-refractivity contribution in [2.75, 3.05) is 4.90 Å². The van der Waals surface area contributed by atoms with Gasteiger partial charge in [-0.1, -0.05) is 108 Å². The van der Waals surface area contributed by atoms with Gasteiger partial charge in [0.15, 0.2) is 0 Å². The molecule has 0 aromatic heterocycles. The highest BCUT2D eigenvalue weighted by molar-refractivity contribution is 5.65. The second kappa shape index (κ2) is 47.4. The lowest BCUT2D eigenvalue weighted by Gasteiger charge is -2.39.